The summed E-state index contributed by atoms with van der Waals surface area (Å²) in [6.45, 7) is 2.37. The second-order valence-electron chi connectivity index (χ2n) is 6.74. The van der Waals surface area contributed by atoms with E-state index in [-0.39, 0.29) is 11.5 Å². The van der Waals surface area contributed by atoms with E-state index in [9.17, 15) is 38.5 Å². The highest BCUT2D eigenvalue weighted by molar-refractivity contribution is 7.66. The van der Waals surface area contributed by atoms with Gasteiger partial charge in [0.2, 0.25) is 0 Å². The van der Waals surface area contributed by atoms with E-state index in [2.05, 4.69) is 18.1 Å². The number of aliphatic hydroxyl groups is 2. The molecule has 2 heterocycles. The lowest BCUT2D eigenvalue weighted by Gasteiger charge is -2.27. The van der Waals surface area contributed by atoms with Gasteiger partial charge in [0.1, 0.15) is 18.0 Å². The van der Waals surface area contributed by atoms with Gasteiger partial charge in [0, 0.05) is 5.69 Å². The largest absolute Gasteiger partial charge is 0.490 e. The summed E-state index contributed by atoms with van der Waals surface area (Å²) in [6.07, 6.45) is -2.01. The van der Waals surface area contributed by atoms with Crippen molar-refractivity contribution in [1.29, 1.82) is 0 Å². The van der Waals surface area contributed by atoms with E-state index in [4.69, 9.17) is 26.7 Å². The Bertz CT molecular complexity index is 1160. The second-order valence-corrected chi connectivity index (χ2v) is 11.1. The van der Waals surface area contributed by atoms with Crippen LogP contribution in [0.3, 0.4) is 0 Å². The molecule has 1 aliphatic rings. The van der Waals surface area contributed by atoms with Crippen molar-refractivity contribution in [1.82, 2.24) is 9.55 Å². The summed E-state index contributed by atoms with van der Waals surface area (Å²) in [7, 11) is -17.0. The highest BCUT2D eigenvalue weighted by Crippen LogP contribution is 2.66. The van der Waals surface area contributed by atoms with Crippen LogP contribution in [-0.2, 0) is 31.6 Å². The lowest BCUT2D eigenvalue weighted by atomic mass is 9.93. The molecule has 0 spiro atoms. The van der Waals surface area contributed by atoms with Crippen LogP contribution in [-0.4, -0.2) is 63.3 Å². The first-order chi connectivity index (χ1) is 14.8. The number of aromatic nitrogens is 2. The Labute approximate surface area is 185 Å². The zero-order chi connectivity index (χ0) is 25.6. The Balaban J connectivity index is 2.32. The first kappa shape index (κ1) is 27.8. The fraction of sp³-hybridized carbons (Fsp3) is 0.538. The molecule has 0 bridgehead atoms. The molecule has 0 saturated carbocycles. The van der Waals surface area contributed by atoms with Crippen molar-refractivity contribution >= 4 is 29.3 Å². The molecule has 5 unspecified atom stereocenters. The summed E-state index contributed by atoms with van der Waals surface area (Å²) in [5, 5.41) is 21.3. The van der Waals surface area contributed by atoms with Crippen molar-refractivity contribution < 1.29 is 61.4 Å². The van der Waals surface area contributed by atoms with Crippen LogP contribution < -0.4 is 11.4 Å². The van der Waals surface area contributed by atoms with Crippen molar-refractivity contribution in [3.8, 4) is 12.3 Å². The van der Waals surface area contributed by atoms with Gasteiger partial charge in [0.15, 0.2) is 11.8 Å². The number of nitrogen functional groups attached to an aromatic ring is 1. The SMILES string of the molecule is C#CC1(O)C(O)[C@@H]([C@H](C)OP(=O)(O)OP(=O)(O)OP(=O)(O)O)OC1n1c(C)cc(N)nc1=O. The number of phosphoric ester groups is 1. The maximum atomic E-state index is 12.3. The maximum absolute atomic E-state index is 12.3. The molecule has 8 N–H and O–H groups in total. The van der Waals surface area contributed by atoms with Crippen LogP contribution in [0.4, 0.5) is 5.82 Å². The van der Waals surface area contributed by atoms with Crippen LogP contribution in [0.2, 0.25) is 0 Å². The normalized spacial score (nSPS) is 30.2. The molecule has 1 aromatic rings. The number of hydrogen-bond acceptors (Lipinski definition) is 12. The van der Waals surface area contributed by atoms with E-state index in [1.807, 2.05) is 5.92 Å². The Kier molecular flexibility index (Phi) is 7.82. The molecule has 0 amide bonds. The van der Waals surface area contributed by atoms with E-state index in [1.165, 1.54) is 13.0 Å². The van der Waals surface area contributed by atoms with Crippen LogP contribution >= 0.6 is 23.5 Å². The minimum absolute atomic E-state index is 0.111. The number of phosphoric acid groups is 3. The van der Waals surface area contributed by atoms with Crippen LogP contribution in [0.15, 0.2) is 10.9 Å². The molecule has 0 radical (unpaired) electrons. The summed E-state index contributed by atoms with van der Waals surface area (Å²) in [5.41, 5.74) is 1.98. The molecule has 1 aromatic heterocycles. The van der Waals surface area contributed by atoms with Crippen molar-refractivity contribution in [3.63, 3.8) is 0 Å². The van der Waals surface area contributed by atoms with Gasteiger partial charge in [-0.2, -0.15) is 13.6 Å². The highest BCUT2D eigenvalue weighted by Gasteiger charge is 2.58. The van der Waals surface area contributed by atoms with Gasteiger partial charge in [-0.1, -0.05) is 5.92 Å². The second kappa shape index (κ2) is 9.29. The van der Waals surface area contributed by atoms with Crippen molar-refractivity contribution in [2.24, 2.45) is 0 Å². The summed E-state index contributed by atoms with van der Waals surface area (Å²) in [4.78, 5) is 51.8. The van der Waals surface area contributed by atoms with E-state index < -0.39 is 59.3 Å². The lowest BCUT2D eigenvalue weighted by molar-refractivity contribution is -0.0876. The third kappa shape index (κ3) is 6.36. The number of ether oxygens (including phenoxy) is 1. The predicted octanol–water partition coefficient (Wildman–Crippen LogP) is -1.51. The lowest BCUT2D eigenvalue weighted by Crippen LogP contribution is -2.49. The molecule has 1 aliphatic heterocycles. The minimum Gasteiger partial charge on any atom is -0.386 e. The fourth-order valence-electron chi connectivity index (χ4n) is 2.99. The molecule has 2 rings (SSSR count). The van der Waals surface area contributed by atoms with Gasteiger partial charge in [-0.25, -0.2) is 18.5 Å². The Morgan fingerprint density at radius 1 is 1.27 bits per heavy atom. The zero-order valence-corrected chi connectivity index (χ0v) is 19.4. The molecule has 33 heavy (non-hydrogen) atoms. The van der Waals surface area contributed by atoms with Crippen LogP contribution in [0, 0.1) is 19.3 Å². The molecule has 1 saturated heterocycles. The average Bonchev–Trinajstić information content (AvgIpc) is 2.83. The van der Waals surface area contributed by atoms with Crippen LogP contribution in [0.1, 0.15) is 18.8 Å². The van der Waals surface area contributed by atoms with E-state index in [1.54, 1.807) is 0 Å². The molecule has 17 nitrogen and oxygen atoms in total. The third-order valence-corrected chi connectivity index (χ3v) is 8.16. The monoisotopic (exact) mass is 535 g/mol. The summed E-state index contributed by atoms with van der Waals surface area (Å²) in [6, 6.07) is 1.23. The zero-order valence-electron chi connectivity index (χ0n) is 16.7. The molecular formula is C13H20N3O14P3. The first-order valence-electron chi connectivity index (χ1n) is 8.53. The van der Waals surface area contributed by atoms with Crippen molar-refractivity contribution in [2.75, 3.05) is 5.73 Å². The van der Waals surface area contributed by atoms with Gasteiger partial charge in [-0.05, 0) is 19.9 Å². The summed E-state index contributed by atoms with van der Waals surface area (Å²) >= 11 is 0. The Morgan fingerprint density at radius 3 is 2.33 bits per heavy atom. The quantitative estimate of drug-likeness (QED) is 0.147. The smallest absolute Gasteiger partial charge is 0.386 e. The fourth-order valence-corrected chi connectivity index (χ4v) is 6.19. The maximum Gasteiger partial charge on any atom is 0.490 e. The number of rotatable bonds is 8. The minimum atomic E-state index is -5.80. The van der Waals surface area contributed by atoms with Crippen LogP contribution in [0.5, 0.6) is 0 Å². The highest BCUT2D eigenvalue weighted by atomic mass is 31.3. The topological polar surface area (TPSA) is 270 Å². The number of terminal acetylenes is 1. The van der Waals surface area contributed by atoms with E-state index in [0.29, 0.717) is 0 Å². The third-order valence-electron chi connectivity index (χ3n) is 4.24. The van der Waals surface area contributed by atoms with Crippen LogP contribution in [0.25, 0.3) is 0 Å². The van der Waals surface area contributed by atoms with Gasteiger partial charge in [-0.3, -0.25) is 9.09 Å². The Hall–Kier alpha value is -1.47. The number of nitrogens with zero attached hydrogens (tertiary/aromatic N) is 2. The van der Waals surface area contributed by atoms with Gasteiger partial charge in [-0.15, -0.1) is 6.42 Å². The number of aliphatic hydroxyl groups excluding tert-OH is 1. The van der Waals surface area contributed by atoms with Gasteiger partial charge < -0.3 is 40.3 Å². The molecule has 7 atom stereocenters. The molecule has 0 aromatic carbocycles. The average molecular weight is 535 g/mol. The van der Waals surface area contributed by atoms with E-state index >= 15 is 0 Å². The Morgan fingerprint density at radius 2 is 1.85 bits per heavy atom. The number of hydrogen-bond donors (Lipinski definition) is 7. The molecule has 1 fully saturated rings. The number of anilines is 1. The molecule has 0 aliphatic carbocycles. The number of nitrogens with two attached hydrogens (primary N) is 1. The van der Waals surface area contributed by atoms with E-state index in [0.717, 1.165) is 11.5 Å². The van der Waals surface area contributed by atoms with Gasteiger partial charge in [0.05, 0.1) is 6.10 Å². The van der Waals surface area contributed by atoms with Gasteiger partial charge >= 0.3 is 29.2 Å². The van der Waals surface area contributed by atoms with Crippen molar-refractivity contribution in [2.45, 2.75) is 44.0 Å². The summed E-state index contributed by atoms with van der Waals surface area (Å²) in [5.74, 6) is 1.71. The standard InChI is InChI=1S/C13H20N3O14P3/c1-4-13(19)10(17)9(27-11(13)16-6(2)5-8(14)15-12(16)18)7(3)28-32(23,24)30-33(25,26)29-31(20,21)22/h1,5,7,9-11,17,19H,2-3H3,(H,23,24)(H,25,26)(H2,14,15,18)(H2,20,21,22)/t7-,9+,10?,11?,13?/m0/s1. The van der Waals surface area contributed by atoms with Gasteiger partial charge in [0.25, 0.3) is 0 Å². The molecular weight excluding hydrogens is 515 g/mol. The number of aryl methyl sites for hydroxylation is 1. The molecule has 186 valence electrons. The summed E-state index contributed by atoms with van der Waals surface area (Å²) < 4.78 is 52.1. The molecule has 20 heteroatoms. The predicted molar refractivity (Wildman–Crippen MR) is 106 cm³/mol. The van der Waals surface area contributed by atoms with Crippen molar-refractivity contribution in [3.05, 3.63) is 22.2 Å². The first-order valence-corrected chi connectivity index (χ1v) is 13.1.